The van der Waals surface area contributed by atoms with Crippen molar-refractivity contribution in [3.8, 4) is 0 Å². The average molecular weight is 363 g/mol. The minimum absolute atomic E-state index is 0.0307. The third-order valence-electron chi connectivity index (χ3n) is 5.09. The second-order valence-corrected chi connectivity index (χ2v) is 6.86. The van der Waals surface area contributed by atoms with Crippen molar-refractivity contribution in [3.05, 3.63) is 83.4 Å². The van der Waals surface area contributed by atoms with Crippen molar-refractivity contribution in [1.82, 2.24) is 4.90 Å². The lowest BCUT2D eigenvalue weighted by Gasteiger charge is -2.19. The maximum Gasteiger partial charge on any atom is 0.246 e. The summed E-state index contributed by atoms with van der Waals surface area (Å²) in [7, 11) is 0. The van der Waals surface area contributed by atoms with Crippen LogP contribution >= 0.6 is 0 Å². The number of hydrogen-bond donors (Lipinski definition) is 0. The van der Waals surface area contributed by atoms with Gasteiger partial charge in [-0.05, 0) is 35.3 Å². The third-order valence-corrected chi connectivity index (χ3v) is 5.09. The number of hydrogen-bond acceptors (Lipinski definition) is 3. The Morgan fingerprint density at radius 1 is 1.19 bits per heavy atom. The lowest BCUT2D eigenvalue weighted by atomic mass is 9.94. The molecule has 3 rings (SSSR count). The van der Waals surface area contributed by atoms with E-state index in [0.29, 0.717) is 25.3 Å². The molecule has 27 heavy (non-hydrogen) atoms. The fourth-order valence-electron chi connectivity index (χ4n) is 3.58. The summed E-state index contributed by atoms with van der Waals surface area (Å²) in [5.74, 6) is -0.0613. The Hall–Kier alpha value is -2.72. The van der Waals surface area contributed by atoms with E-state index < -0.39 is 0 Å². The Morgan fingerprint density at radius 3 is 2.70 bits per heavy atom. The van der Waals surface area contributed by atoms with Gasteiger partial charge in [-0.15, -0.1) is 0 Å². The van der Waals surface area contributed by atoms with Gasteiger partial charge in [-0.2, -0.15) is 0 Å². The first kappa shape index (κ1) is 19.1. The SMILES string of the molecule is C=CC(=O)N1C[C@@H](OCc2cccc(CC)c2)[C@H](c2cccc(C=O)c2)C1. The van der Waals surface area contributed by atoms with Gasteiger partial charge in [0.15, 0.2) is 0 Å². The molecule has 4 nitrogen and oxygen atoms in total. The van der Waals surface area contributed by atoms with Crippen LogP contribution in [-0.4, -0.2) is 36.3 Å². The predicted molar refractivity (Wildman–Crippen MR) is 106 cm³/mol. The monoisotopic (exact) mass is 363 g/mol. The summed E-state index contributed by atoms with van der Waals surface area (Å²) in [6.07, 6.45) is 3.05. The molecule has 0 aliphatic carbocycles. The summed E-state index contributed by atoms with van der Waals surface area (Å²) in [4.78, 5) is 25.0. The van der Waals surface area contributed by atoms with Crippen LogP contribution in [0.4, 0.5) is 0 Å². The Bertz CT molecular complexity index is 830. The van der Waals surface area contributed by atoms with Crippen LogP contribution < -0.4 is 0 Å². The van der Waals surface area contributed by atoms with Crippen LogP contribution in [-0.2, 0) is 22.6 Å². The van der Waals surface area contributed by atoms with E-state index in [-0.39, 0.29) is 17.9 Å². The Balaban J connectivity index is 1.79. The molecule has 1 aliphatic heterocycles. The maximum absolute atomic E-state index is 12.1. The number of aryl methyl sites for hydroxylation is 1. The van der Waals surface area contributed by atoms with E-state index in [2.05, 4.69) is 31.7 Å². The standard InChI is InChI=1S/C23H25NO3/c1-3-17-7-5-9-19(11-17)16-27-22-14-24(23(26)4-2)13-21(22)20-10-6-8-18(12-20)15-25/h4-12,15,21-22H,2-3,13-14,16H2,1H3/t21-,22+/m0/s1. The van der Waals surface area contributed by atoms with Gasteiger partial charge in [0.2, 0.25) is 5.91 Å². The van der Waals surface area contributed by atoms with E-state index in [0.717, 1.165) is 23.8 Å². The van der Waals surface area contributed by atoms with Crippen molar-refractivity contribution < 1.29 is 14.3 Å². The molecule has 1 aliphatic rings. The topological polar surface area (TPSA) is 46.6 Å². The maximum atomic E-state index is 12.1. The summed E-state index contributed by atoms with van der Waals surface area (Å²) in [6, 6.07) is 15.9. The van der Waals surface area contributed by atoms with Gasteiger partial charge in [-0.25, -0.2) is 0 Å². The number of carbonyl (C=O) groups is 2. The molecule has 1 saturated heterocycles. The zero-order valence-corrected chi connectivity index (χ0v) is 15.6. The number of benzene rings is 2. The Kier molecular flexibility index (Phi) is 6.20. The van der Waals surface area contributed by atoms with E-state index in [4.69, 9.17) is 4.74 Å². The minimum atomic E-state index is -0.124. The third kappa shape index (κ3) is 4.52. The highest BCUT2D eigenvalue weighted by molar-refractivity contribution is 5.87. The number of amides is 1. The van der Waals surface area contributed by atoms with Crippen LogP contribution in [0.2, 0.25) is 0 Å². The number of rotatable bonds is 7. The first-order valence-corrected chi connectivity index (χ1v) is 9.30. The summed E-state index contributed by atoms with van der Waals surface area (Å²) >= 11 is 0. The average Bonchev–Trinajstić information content (AvgIpc) is 3.16. The van der Waals surface area contributed by atoms with E-state index in [1.54, 1.807) is 11.0 Å². The molecule has 2 atom stereocenters. The van der Waals surface area contributed by atoms with Crippen LogP contribution in [0.15, 0.2) is 61.2 Å². The van der Waals surface area contributed by atoms with Gasteiger partial charge in [0.25, 0.3) is 0 Å². The number of ether oxygens (including phenoxy) is 1. The fraction of sp³-hybridized carbons (Fsp3) is 0.304. The molecule has 1 fully saturated rings. The molecule has 0 unspecified atom stereocenters. The highest BCUT2D eigenvalue weighted by Crippen LogP contribution is 2.31. The second-order valence-electron chi connectivity index (χ2n) is 6.86. The summed E-state index contributed by atoms with van der Waals surface area (Å²) in [5, 5.41) is 0. The summed E-state index contributed by atoms with van der Waals surface area (Å²) in [5.41, 5.74) is 4.06. The van der Waals surface area contributed by atoms with Crippen molar-refractivity contribution in [2.75, 3.05) is 13.1 Å². The van der Waals surface area contributed by atoms with Crippen LogP contribution in [0.25, 0.3) is 0 Å². The number of carbonyl (C=O) groups excluding carboxylic acids is 2. The van der Waals surface area contributed by atoms with Crippen LogP contribution in [0.5, 0.6) is 0 Å². The molecule has 4 heteroatoms. The molecular formula is C23H25NO3. The number of likely N-dealkylation sites (tertiary alicyclic amines) is 1. The van der Waals surface area contributed by atoms with Gasteiger partial charge in [0, 0.05) is 24.6 Å². The van der Waals surface area contributed by atoms with Gasteiger partial charge in [0.05, 0.1) is 12.7 Å². The largest absolute Gasteiger partial charge is 0.371 e. The van der Waals surface area contributed by atoms with Gasteiger partial charge < -0.3 is 9.64 Å². The molecule has 140 valence electrons. The molecule has 0 saturated carbocycles. The molecule has 0 radical (unpaired) electrons. The first-order chi connectivity index (χ1) is 13.1. The molecule has 0 spiro atoms. The lowest BCUT2D eigenvalue weighted by molar-refractivity contribution is -0.125. The molecule has 2 aromatic rings. The lowest BCUT2D eigenvalue weighted by Crippen LogP contribution is -2.28. The molecule has 0 aromatic heterocycles. The predicted octanol–water partition coefficient (Wildman–Crippen LogP) is 3.76. The number of aldehydes is 1. The van der Waals surface area contributed by atoms with Gasteiger partial charge in [0.1, 0.15) is 6.29 Å². The van der Waals surface area contributed by atoms with E-state index in [1.807, 2.05) is 24.3 Å². The van der Waals surface area contributed by atoms with Crippen LogP contribution in [0.3, 0.4) is 0 Å². The van der Waals surface area contributed by atoms with Crippen molar-refractivity contribution in [2.24, 2.45) is 0 Å². The second kappa shape index (κ2) is 8.78. The van der Waals surface area contributed by atoms with Gasteiger partial charge in [-0.3, -0.25) is 9.59 Å². The summed E-state index contributed by atoms with van der Waals surface area (Å²) < 4.78 is 6.24. The quantitative estimate of drug-likeness (QED) is 0.556. The normalized spacial score (nSPS) is 19.1. The van der Waals surface area contributed by atoms with Crippen LogP contribution in [0, 0.1) is 0 Å². The molecule has 1 amide bonds. The molecule has 0 bridgehead atoms. The molecule has 1 heterocycles. The number of nitrogens with zero attached hydrogens (tertiary/aromatic N) is 1. The molecule has 2 aromatic carbocycles. The fourth-order valence-corrected chi connectivity index (χ4v) is 3.58. The van der Waals surface area contributed by atoms with E-state index in [9.17, 15) is 9.59 Å². The smallest absolute Gasteiger partial charge is 0.246 e. The van der Waals surface area contributed by atoms with Crippen molar-refractivity contribution in [1.29, 1.82) is 0 Å². The molecule has 0 N–H and O–H groups in total. The van der Waals surface area contributed by atoms with Crippen molar-refractivity contribution in [2.45, 2.75) is 32.0 Å². The van der Waals surface area contributed by atoms with Gasteiger partial charge >= 0.3 is 0 Å². The van der Waals surface area contributed by atoms with Crippen molar-refractivity contribution >= 4 is 12.2 Å². The Morgan fingerprint density at radius 2 is 1.96 bits per heavy atom. The zero-order valence-electron chi connectivity index (χ0n) is 15.6. The van der Waals surface area contributed by atoms with E-state index >= 15 is 0 Å². The minimum Gasteiger partial charge on any atom is -0.371 e. The van der Waals surface area contributed by atoms with Crippen LogP contribution in [0.1, 0.15) is 39.9 Å². The highest BCUT2D eigenvalue weighted by atomic mass is 16.5. The van der Waals surface area contributed by atoms with Gasteiger partial charge in [-0.1, -0.05) is 56.0 Å². The summed E-state index contributed by atoms with van der Waals surface area (Å²) in [6.45, 7) is 7.30. The van der Waals surface area contributed by atoms with Crippen molar-refractivity contribution in [3.63, 3.8) is 0 Å². The Labute approximate surface area is 160 Å². The highest BCUT2D eigenvalue weighted by Gasteiger charge is 2.36. The zero-order chi connectivity index (χ0) is 19.2. The van der Waals surface area contributed by atoms with E-state index in [1.165, 1.54) is 11.6 Å². The first-order valence-electron chi connectivity index (χ1n) is 9.30. The molecular weight excluding hydrogens is 338 g/mol.